The number of rotatable bonds is 6. The van der Waals surface area contributed by atoms with E-state index in [0.717, 1.165) is 5.56 Å². The summed E-state index contributed by atoms with van der Waals surface area (Å²) in [6.45, 7) is 1.24. The van der Waals surface area contributed by atoms with Crippen LogP contribution in [0.1, 0.15) is 18.9 Å². The van der Waals surface area contributed by atoms with E-state index in [4.69, 9.17) is 14.6 Å². The average Bonchev–Trinajstić information content (AvgIpc) is 2.55. The van der Waals surface area contributed by atoms with Crippen LogP contribution in [0.15, 0.2) is 24.3 Å². The second-order valence-electron chi connectivity index (χ2n) is 5.67. The summed E-state index contributed by atoms with van der Waals surface area (Å²) in [7, 11) is 0. The van der Waals surface area contributed by atoms with Gasteiger partial charge in [-0.3, -0.25) is 4.79 Å². The maximum atomic E-state index is 11.7. The maximum absolute atomic E-state index is 11.7. The largest absolute Gasteiger partial charge is 0.508 e. The van der Waals surface area contributed by atoms with Crippen LogP contribution in [-0.2, 0) is 20.7 Å². The number of aromatic hydroxyl groups is 1. The van der Waals surface area contributed by atoms with Gasteiger partial charge in [0.05, 0.1) is 12.7 Å². The lowest BCUT2D eigenvalue weighted by Crippen LogP contribution is -2.57. The van der Waals surface area contributed by atoms with E-state index in [2.05, 4.69) is 0 Å². The van der Waals surface area contributed by atoms with Gasteiger partial charge in [0.1, 0.15) is 18.0 Å². The molecule has 23 heavy (non-hydrogen) atoms. The summed E-state index contributed by atoms with van der Waals surface area (Å²) in [5, 5.41) is 37.7. The smallest absolute Gasteiger partial charge is 0.197 e. The molecule has 4 N–H and O–H groups in total. The fourth-order valence-corrected chi connectivity index (χ4v) is 2.39. The molecule has 0 saturated carbocycles. The van der Waals surface area contributed by atoms with Crippen molar-refractivity contribution in [1.82, 2.24) is 0 Å². The Morgan fingerprint density at radius 3 is 2.48 bits per heavy atom. The zero-order chi connectivity index (χ0) is 17.0. The van der Waals surface area contributed by atoms with Crippen LogP contribution in [0.5, 0.6) is 5.75 Å². The molecule has 1 aliphatic heterocycles. The van der Waals surface area contributed by atoms with Crippen LogP contribution in [0.3, 0.4) is 0 Å². The minimum absolute atomic E-state index is 0.198. The minimum atomic E-state index is -1.58. The minimum Gasteiger partial charge on any atom is -0.508 e. The molecular formula is C16H22O7. The van der Waals surface area contributed by atoms with Gasteiger partial charge in [-0.2, -0.15) is 0 Å². The van der Waals surface area contributed by atoms with E-state index >= 15 is 0 Å². The molecule has 0 spiro atoms. The molecule has 0 aliphatic carbocycles. The highest BCUT2D eigenvalue weighted by Gasteiger charge is 2.44. The zero-order valence-corrected chi connectivity index (χ0v) is 12.8. The van der Waals surface area contributed by atoms with Gasteiger partial charge in [-0.25, -0.2) is 0 Å². The maximum Gasteiger partial charge on any atom is 0.197 e. The third kappa shape index (κ3) is 4.49. The summed E-state index contributed by atoms with van der Waals surface area (Å²) in [6.07, 6.45) is -4.46. The van der Waals surface area contributed by atoms with Gasteiger partial charge >= 0.3 is 0 Å². The molecule has 1 aromatic carbocycles. The van der Waals surface area contributed by atoms with Gasteiger partial charge < -0.3 is 29.9 Å². The van der Waals surface area contributed by atoms with Gasteiger partial charge in [0.25, 0.3) is 0 Å². The number of benzene rings is 1. The summed E-state index contributed by atoms with van der Waals surface area (Å²) in [6, 6.07) is 6.80. The van der Waals surface area contributed by atoms with Gasteiger partial charge in [0.15, 0.2) is 18.2 Å². The Labute approximate surface area is 134 Å². The van der Waals surface area contributed by atoms with Crippen LogP contribution >= 0.6 is 0 Å². The summed E-state index contributed by atoms with van der Waals surface area (Å²) >= 11 is 0. The van der Waals surface area contributed by atoms with Gasteiger partial charge in [-0.05, 0) is 37.5 Å². The second-order valence-corrected chi connectivity index (χ2v) is 5.67. The molecule has 0 radical (unpaired) electrons. The number of hydrogen-bond donors (Lipinski definition) is 4. The van der Waals surface area contributed by atoms with Crippen molar-refractivity contribution in [2.75, 3.05) is 6.61 Å². The van der Waals surface area contributed by atoms with E-state index in [9.17, 15) is 20.1 Å². The summed E-state index contributed by atoms with van der Waals surface area (Å²) in [5.74, 6) is -0.616. The fourth-order valence-electron chi connectivity index (χ4n) is 2.39. The Bertz CT molecular complexity index is 516. The van der Waals surface area contributed by atoms with Crippen LogP contribution < -0.4 is 0 Å². The van der Waals surface area contributed by atoms with Crippen LogP contribution in [0.2, 0.25) is 0 Å². The Morgan fingerprint density at radius 2 is 1.87 bits per heavy atom. The van der Waals surface area contributed by atoms with E-state index < -0.39 is 37.0 Å². The zero-order valence-electron chi connectivity index (χ0n) is 12.8. The molecule has 1 saturated heterocycles. The molecule has 7 heteroatoms. The van der Waals surface area contributed by atoms with E-state index in [1.165, 1.54) is 0 Å². The van der Waals surface area contributed by atoms with E-state index in [1.54, 1.807) is 31.2 Å². The van der Waals surface area contributed by atoms with Gasteiger partial charge in [0.2, 0.25) is 0 Å². The molecule has 5 atom stereocenters. The SMILES string of the molecule is CC(CCc1ccc(O)cc1)OC1OC(CO)C(O)C(=O)C1O. The van der Waals surface area contributed by atoms with Crippen molar-refractivity contribution in [3.8, 4) is 5.75 Å². The Hall–Kier alpha value is -1.51. The van der Waals surface area contributed by atoms with Gasteiger partial charge in [0, 0.05) is 0 Å². The van der Waals surface area contributed by atoms with Crippen molar-refractivity contribution in [1.29, 1.82) is 0 Å². The average molecular weight is 326 g/mol. The summed E-state index contributed by atoms with van der Waals surface area (Å²) < 4.78 is 10.8. The number of aliphatic hydroxyl groups is 3. The van der Waals surface area contributed by atoms with E-state index in [-0.39, 0.29) is 11.9 Å². The van der Waals surface area contributed by atoms with Crippen LogP contribution in [0.4, 0.5) is 0 Å². The molecular weight excluding hydrogens is 304 g/mol. The first-order valence-electron chi connectivity index (χ1n) is 7.52. The van der Waals surface area contributed by atoms with E-state index in [0.29, 0.717) is 12.8 Å². The highest BCUT2D eigenvalue weighted by molar-refractivity contribution is 5.88. The number of carbonyl (C=O) groups excluding carboxylic acids is 1. The van der Waals surface area contributed by atoms with Crippen molar-refractivity contribution in [3.05, 3.63) is 29.8 Å². The number of Topliss-reactive ketones (excluding diaryl/α,β-unsaturated/α-hetero) is 1. The number of phenols is 1. The first-order chi connectivity index (χ1) is 10.9. The quantitative estimate of drug-likeness (QED) is 0.569. The lowest BCUT2D eigenvalue weighted by Gasteiger charge is -2.36. The highest BCUT2D eigenvalue weighted by Crippen LogP contribution is 2.21. The molecule has 1 aliphatic rings. The normalized spacial score (nSPS) is 29.5. The number of phenolic OH excluding ortho intramolecular Hbond substituents is 1. The van der Waals surface area contributed by atoms with E-state index in [1.807, 2.05) is 0 Å². The number of ketones is 1. The molecule has 0 amide bonds. The van der Waals surface area contributed by atoms with Gasteiger partial charge in [-0.1, -0.05) is 12.1 Å². The molecule has 5 unspecified atom stereocenters. The fraction of sp³-hybridized carbons (Fsp3) is 0.562. The second kappa shape index (κ2) is 7.85. The molecule has 7 nitrogen and oxygen atoms in total. The van der Waals surface area contributed by atoms with Crippen molar-refractivity contribution in [3.63, 3.8) is 0 Å². The highest BCUT2D eigenvalue weighted by atomic mass is 16.7. The molecule has 0 bridgehead atoms. The molecule has 1 heterocycles. The number of carbonyl (C=O) groups is 1. The third-order valence-electron chi connectivity index (χ3n) is 3.82. The summed E-state index contributed by atoms with van der Waals surface area (Å²) in [4.78, 5) is 11.7. The number of hydrogen-bond acceptors (Lipinski definition) is 7. The van der Waals surface area contributed by atoms with Gasteiger partial charge in [-0.15, -0.1) is 0 Å². The van der Waals surface area contributed by atoms with Crippen LogP contribution in [0, 0.1) is 0 Å². The number of ether oxygens (including phenoxy) is 2. The van der Waals surface area contributed by atoms with Crippen molar-refractivity contribution >= 4 is 5.78 Å². The third-order valence-corrected chi connectivity index (χ3v) is 3.82. The number of aryl methyl sites for hydroxylation is 1. The van der Waals surface area contributed by atoms with Crippen molar-refractivity contribution in [2.45, 2.75) is 50.5 Å². The van der Waals surface area contributed by atoms with Crippen molar-refractivity contribution in [2.24, 2.45) is 0 Å². The lowest BCUT2D eigenvalue weighted by molar-refractivity contribution is -0.266. The molecule has 1 aromatic rings. The monoisotopic (exact) mass is 326 g/mol. The Kier molecular flexibility index (Phi) is 6.09. The topological polar surface area (TPSA) is 116 Å². The van der Waals surface area contributed by atoms with Crippen LogP contribution in [0.25, 0.3) is 0 Å². The first-order valence-corrected chi connectivity index (χ1v) is 7.52. The molecule has 0 aromatic heterocycles. The predicted octanol–water partition coefficient (Wildman–Crippen LogP) is -0.262. The van der Waals surface area contributed by atoms with Crippen LogP contribution in [-0.4, -0.2) is 63.5 Å². The number of aliphatic hydroxyl groups excluding tert-OH is 3. The standard InChI is InChI=1S/C16H22O7/c1-9(2-3-10-4-6-11(18)7-5-10)22-16-15(21)14(20)13(19)12(8-17)23-16/h4-7,9,12-13,15-19,21H,2-3,8H2,1H3. The first kappa shape index (κ1) is 17.8. The predicted molar refractivity (Wildman–Crippen MR) is 79.7 cm³/mol. The molecule has 1 fully saturated rings. The van der Waals surface area contributed by atoms with Crippen molar-refractivity contribution < 1.29 is 34.7 Å². The summed E-state index contributed by atoms with van der Waals surface area (Å²) in [5.41, 5.74) is 1.02. The molecule has 2 rings (SSSR count). The Morgan fingerprint density at radius 1 is 1.22 bits per heavy atom. The lowest BCUT2D eigenvalue weighted by atomic mass is 10.0. The Balaban J connectivity index is 1.87. The molecule has 128 valence electrons.